The van der Waals surface area contributed by atoms with Gasteiger partial charge in [0, 0.05) is 17.8 Å². The average molecular weight is 328 g/mol. The third kappa shape index (κ3) is 2.37. The van der Waals surface area contributed by atoms with Crippen LogP contribution in [-0.4, -0.2) is 22.2 Å². The molecular formula is C18H21FN4O. The molecule has 0 fully saturated rings. The SMILES string of the molecule is CC1CCc2c(c(N)nn2C(=O)C2CCNc3ccc(F)cc32)C1. The molecular weight excluding hydrogens is 307 g/mol. The zero-order chi connectivity index (χ0) is 16.8. The first-order chi connectivity index (χ1) is 11.5. The van der Waals surface area contributed by atoms with Crippen molar-refractivity contribution in [2.24, 2.45) is 5.92 Å². The van der Waals surface area contributed by atoms with E-state index in [0.29, 0.717) is 30.3 Å². The van der Waals surface area contributed by atoms with E-state index < -0.39 is 0 Å². The van der Waals surface area contributed by atoms with Crippen LogP contribution in [0.15, 0.2) is 18.2 Å². The van der Waals surface area contributed by atoms with Gasteiger partial charge >= 0.3 is 0 Å². The molecule has 6 heteroatoms. The highest BCUT2D eigenvalue weighted by molar-refractivity contribution is 5.89. The quantitative estimate of drug-likeness (QED) is 0.844. The number of nitrogens with zero attached hydrogens (tertiary/aromatic N) is 2. The molecule has 2 heterocycles. The van der Waals surface area contributed by atoms with E-state index in [1.807, 2.05) is 0 Å². The summed E-state index contributed by atoms with van der Waals surface area (Å²) in [4.78, 5) is 13.1. The van der Waals surface area contributed by atoms with Crippen molar-refractivity contribution in [2.75, 3.05) is 17.6 Å². The monoisotopic (exact) mass is 328 g/mol. The maximum absolute atomic E-state index is 13.7. The summed E-state index contributed by atoms with van der Waals surface area (Å²) in [7, 11) is 0. The molecule has 4 rings (SSSR count). The molecule has 126 valence electrons. The number of nitrogens with one attached hydrogen (secondary N) is 1. The fourth-order valence-electron chi connectivity index (χ4n) is 3.89. The number of nitrogen functional groups attached to an aromatic ring is 1. The standard InChI is InChI=1S/C18H21FN4O/c1-10-2-5-16-14(8-10)17(20)22-23(16)18(24)12-6-7-21-15-4-3-11(19)9-13(12)15/h3-4,9-10,12,21H,2,5-8H2,1H3,(H2,20,22). The first kappa shape index (κ1) is 15.2. The first-order valence-corrected chi connectivity index (χ1v) is 8.48. The van der Waals surface area contributed by atoms with Gasteiger partial charge in [-0.25, -0.2) is 9.07 Å². The summed E-state index contributed by atoms with van der Waals surface area (Å²) in [6, 6.07) is 4.55. The van der Waals surface area contributed by atoms with Crippen LogP contribution in [0.2, 0.25) is 0 Å². The summed E-state index contributed by atoms with van der Waals surface area (Å²) >= 11 is 0. The van der Waals surface area contributed by atoms with Crippen LogP contribution < -0.4 is 11.1 Å². The lowest BCUT2D eigenvalue weighted by Crippen LogP contribution is -2.29. The molecule has 1 aromatic carbocycles. The van der Waals surface area contributed by atoms with Crippen LogP contribution in [0.5, 0.6) is 0 Å². The van der Waals surface area contributed by atoms with Crippen LogP contribution in [-0.2, 0) is 12.8 Å². The molecule has 5 nitrogen and oxygen atoms in total. The molecule has 0 amide bonds. The number of carbonyl (C=O) groups is 1. The Hall–Kier alpha value is -2.37. The van der Waals surface area contributed by atoms with Gasteiger partial charge in [0.2, 0.25) is 0 Å². The minimum absolute atomic E-state index is 0.106. The Morgan fingerprint density at radius 2 is 2.25 bits per heavy atom. The second-order valence-electron chi connectivity index (χ2n) is 6.91. The van der Waals surface area contributed by atoms with Crippen molar-refractivity contribution in [2.45, 2.75) is 38.5 Å². The van der Waals surface area contributed by atoms with E-state index in [-0.39, 0.29) is 17.6 Å². The van der Waals surface area contributed by atoms with Crippen molar-refractivity contribution >= 4 is 17.4 Å². The molecule has 1 aliphatic carbocycles. The fraction of sp³-hybridized carbons (Fsp3) is 0.444. The lowest BCUT2D eigenvalue weighted by atomic mass is 9.87. The Morgan fingerprint density at radius 3 is 3.08 bits per heavy atom. The highest BCUT2D eigenvalue weighted by Crippen LogP contribution is 2.35. The fourth-order valence-corrected chi connectivity index (χ4v) is 3.89. The second-order valence-corrected chi connectivity index (χ2v) is 6.91. The van der Waals surface area contributed by atoms with E-state index in [9.17, 15) is 9.18 Å². The molecule has 3 N–H and O–H groups in total. The minimum atomic E-state index is -0.389. The number of anilines is 2. The van der Waals surface area contributed by atoms with Gasteiger partial charge < -0.3 is 11.1 Å². The maximum atomic E-state index is 13.7. The summed E-state index contributed by atoms with van der Waals surface area (Å²) in [5, 5.41) is 7.55. The van der Waals surface area contributed by atoms with Gasteiger partial charge in [0.05, 0.1) is 11.6 Å². The van der Waals surface area contributed by atoms with E-state index in [1.54, 1.807) is 6.07 Å². The van der Waals surface area contributed by atoms with E-state index >= 15 is 0 Å². The molecule has 2 aromatic rings. The Kier molecular flexibility index (Phi) is 3.55. The topological polar surface area (TPSA) is 72.9 Å². The third-order valence-corrected chi connectivity index (χ3v) is 5.19. The first-order valence-electron chi connectivity index (χ1n) is 8.48. The van der Waals surface area contributed by atoms with Gasteiger partial charge in [-0.2, -0.15) is 0 Å². The van der Waals surface area contributed by atoms with Gasteiger partial charge in [-0.1, -0.05) is 6.92 Å². The number of aromatic nitrogens is 2. The second kappa shape index (κ2) is 5.61. The van der Waals surface area contributed by atoms with Gasteiger partial charge in [0.15, 0.2) is 0 Å². The highest BCUT2D eigenvalue weighted by atomic mass is 19.1. The predicted octanol–water partition coefficient (Wildman–Crippen LogP) is 2.97. The molecule has 24 heavy (non-hydrogen) atoms. The summed E-state index contributed by atoms with van der Waals surface area (Å²) < 4.78 is 15.2. The molecule has 2 unspecified atom stereocenters. The van der Waals surface area contributed by atoms with Gasteiger partial charge in [0.1, 0.15) is 11.6 Å². The Balaban J connectivity index is 1.74. The summed E-state index contributed by atoms with van der Waals surface area (Å²) in [5.41, 5.74) is 9.53. The number of carbonyl (C=O) groups excluding carboxylic acids is 1. The number of fused-ring (bicyclic) bond motifs is 2. The maximum Gasteiger partial charge on any atom is 0.254 e. The third-order valence-electron chi connectivity index (χ3n) is 5.19. The van der Waals surface area contributed by atoms with E-state index in [4.69, 9.17) is 5.73 Å². The van der Waals surface area contributed by atoms with E-state index in [1.165, 1.54) is 16.8 Å². The van der Waals surface area contributed by atoms with Crippen molar-refractivity contribution in [3.8, 4) is 0 Å². The number of halogens is 1. The Morgan fingerprint density at radius 1 is 1.42 bits per heavy atom. The van der Waals surface area contributed by atoms with Gasteiger partial charge in [-0.15, -0.1) is 5.10 Å². The number of hydrogen-bond acceptors (Lipinski definition) is 4. The van der Waals surface area contributed by atoms with Crippen molar-refractivity contribution in [1.82, 2.24) is 9.78 Å². The Labute approximate surface area is 140 Å². The van der Waals surface area contributed by atoms with Gasteiger partial charge in [-0.3, -0.25) is 4.79 Å². The highest BCUT2D eigenvalue weighted by Gasteiger charge is 2.32. The normalized spacial score (nSPS) is 22.4. The number of benzene rings is 1. The average Bonchev–Trinajstić information content (AvgIpc) is 2.90. The zero-order valence-corrected chi connectivity index (χ0v) is 13.7. The number of rotatable bonds is 1. The molecule has 0 spiro atoms. The molecule has 0 radical (unpaired) electrons. The van der Waals surface area contributed by atoms with Crippen LogP contribution >= 0.6 is 0 Å². The van der Waals surface area contributed by atoms with E-state index in [0.717, 1.165) is 36.2 Å². The van der Waals surface area contributed by atoms with Crippen molar-refractivity contribution in [3.63, 3.8) is 0 Å². The van der Waals surface area contributed by atoms with Gasteiger partial charge in [-0.05, 0) is 55.4 Å². The number of hydrogen-bond donors (Lipinski definition) is 2. The molecule has 0 saturated carbocycles. The van der Waals surface area contributed by atoms with Crippen LogP contribution in [0.4, 0.5) is 15.9 Å². The molecule has 0 saturated heterocycles. The van der Waals surface area contributed by atoms with Crippen molar-refractivity contribution in [3.05, 3.63) is 40.8 Å². The van der Waals surface area contributed by atoms with Gasteiger partial charge in [0.25, 0.3) is 5.91 Å². The smallest absolute Gasteiger partial charge is 0.254 e. The minimum Gasteiger partial charge on any atom is -0.385 e. The van der Waals surface area contributed by atoms with Crippen LogP contribution in [0.3, 0.4) is 0 Å². The van der Waals surface area contributed by atoms with Crippen LogP contribution in [0, 0.1) is 11.7 Å². The molecule has 1 aliphatic heterocycles. The Bertz CT molecular complexity index is 814. The largest absolute Gasteiger partial charge is 0.385 e. The van der Waals surface area contributed by atoms with Crippen LogP contribution in [0.25, 0.3) is 0 Å². The van der Waals surface area contributed by atoms with Crippen molar-refractivity contribution < 1.29 is 9.18 Å². The zero-order valence-electron chi connectivity index (χ0n) is 13.7. The predicted molar refractivity (Wildman–Crippen MR) is 90.7 cm³/mol. The molecule has 2 atom stereocenters. The van der Waals surface area contributed by atoms with Crippen molar-refractivity contribution in [1.29, 1.82) is 0 Å². The molecule has 2 aliphatic rings. The molecule has 1 aromatic heterocycles. The summed E-state index contributed by atoms with van der Waals surface area (Å²) in [6.45, 7) is 2.87. The lowest BCUT2D eigenvalue weighted by Gasteiger charge is -2.26. The lowest BCUT2D eigenvalue weighted by molar-refractivity contribution is 0.0852. The summed E-state index contributed by atoms with van der Waals surface area (Å²) in [5.74, 6) is 0.191. The molecule has 0 bridgehead atoms. The van der Waals surface area contributed by atoms with E-state index in [2.05, 4.69) is 17.3 Å². The summed E-state index contributed by atoms with van der Waals surface area (Å²) in [6.07, 6.45) is 3.34. The number of nitrogens with two attached hydrogens (primary N) is 1. The van der Waals surface area contributed by atoms with Crippen LogP contribution in [0.1, 0.15) is 47.3 Å².